The number of rotatable bonds is 4. The van der Waals surface area contributed by atoms with E-state index in [-0.39, 0.29) is 5.82 Å². The highest BCUT2D eigenvalue weighted by molar-refractivity contribution is 5.46. The largest absolute Gasteiger partial charge is 0.371 e. The highest BCUT2D eigenvalue weighted by atomic mass is 19.1. The predicted octanol–water partition coefficient (Wildman–Crippen LogP) is 3.17. The summed E-state index contributed by atoms with van der Waals surface area (Å²) in [5.41, 5.74) is 7.01. The molecule has 0 heterocycles. The van der Waals surface area contributed by atoms with E-state index in [1.54, 1.807) is 12.1 Å². The first-order valence-corrected chi connectivity index (χ1v) is 6.95. The molecule has 1 aromatic carbocycles. The van der Waals surface area contributed by atoms with Gasteiger partial charge in [0.1, 0.15) is 5.82 Å². The van der Waals surface area contributed by atoms with Crippen molar-refractivity contribution in [1.82, 2.24) is 0 Å². The first-order chi connectivity index (χ1) is 8.69. The standard InChI is InChI=1S/C15H23FN2/c1-2-18(15-8-4-6-13(16)10-15)11-12-5-3-7-14(17)9-12/h4,6,8,10,12,14H,2-3,5,7,9,11,17H2,1H3. The van der Waals surface area contributed by atoms with Gasteiger partial charge < -0.3 is 10.6 Å². The van der Waals surface area contributed by atoms with Crippen molar-refractivity contribution in [2.24, 2.45) is 11.7 Å². The van der Waals surface area contributed by atoms with Crippen LogP contribution in [0.1, 0.15) is 32.6 Å². The minimum absolute atomic E-state index is 0.161. The van der Waals surface area contributed by atoms with Crippen LogP contribution in [-0.2, 0) is 0 Å². The van der Waals surface area contributed by atoms with Crippen LogP contribution < -0.4 is 10.6 Å². The summed E-state index contributed by atoms with van der Waals surface area (Å²) in [7, 11) is 0. The van der Waals surface area contributed by atoms with Crippen LogP contribution in [0.3, 0.4) is 0 Å². The molecule has 2 unspecified atom stereocenters. The van der Waals surface area contributed by atoms with E-state index in [4.69, 9.17) is 5.73 Å². The van der Waals surface area contributed by atoms with Gasteiger partial charge in [-0.3, -0.25) is 0 Å². The molecule has 1 aliphatic carbocycles. The summed E-state index contributed by atoms with van der Waals surface area (Å²) in [6.45, 7) is 4.02. The lowest BCUT2D eigenvalue weighted by atomic mass is 9.86. The number of hydrogen-bond donors (Lipinski definition) is 1. The molecule has 0 radical (unpaired) electrons. The van der Waals surface area contributed by atoms with E-state index in [0.29, 0.717) is 12.0 Å². The molecule has 0 bridgehead atoms. The molecule has 2 rings (SSSR count). The quantitative estimate of drug-likeness (QED) is 0.889. The first-order valence-electron chi connectivity index (χ1n) is 6.95. The fraction of sp³-hybridized carbons (Fsp3) is 0.600. The Morgan fingerprint density at radius 3 is 2.89 bits per heavy atom. The number of anilines is 1. The van der Waals surface area contributed by atoms with Crippen LogP contribution in [0.15, 0.2) is 24.3 Å². The third-order valence-corrected chi connectivity index (χ3v) is 3.86. The van der Waals surface area contributed by atoms with Gasteiger partial charge >= 0.3 is 0 Å². The fourth-order valence-corrected chi connectivity index (χ4v) is 2.90. The van der Waals surface area contributed by atoms with Crippen LogP contribution in [0.5, 0.6) is 0 Å². The highest BCUT2D eigenvalue weighted by Gasteiger charge is 2.21. The van der Waals surface area contributed by atoms with Crippen LogP contribution in [0.4, 0.5) is 10.1 Å². The van der Waals surface area contributed by atoms with E-state index >= 15 is 0 Å². The Morgan fingerprint density at radius 1 is 1.39 bits per heavy atom. The molecule has 3 heteroatoms. The van der Waals surface area contributed by atoms with E-state index in [0.717, 1.165) is 31.6 Å². The maximum Gasteiger partial charge on any atom is 0.125 e. The molecule has 1 aromatic rings. The lowest BCUT2D eigenvalue weighted by Gasteiger charge is -2.32. The Bertz CT molecular complexity index is 381. The molecular weight excluding hydrogens is 227 g/mol. The van der Waals surface area contributed by atoms with Gasteiger partial charge in [0.25, 0.3) is 0 Å². The Kier molecular flexibility index (Phi) is 4.59. The van der Waals surface area contributed by atoms with Gasteiger partial charge in [0.2, 0.25) is 0 Å². The fourth-order valence-electron chi connectivity index (χ4n) is 2.90. The Hall–Kier alpha value is -1.09. The average molecular weight is 250 g/mol. The Morgan fingerprint density at radius 2 is 2.22 bits per heavy atom. The van der Waals surface area contributed by atoms with Crippen molar-refractivity contribution >= 4 is 5.69 Å². The zero-order chi connectivity index (χ0) is 13.0. The predicted molar refractivity (Wildman–Crippen MR) is 74.2 cm³/mol. The van der Waals surface area contributed by atoms with Crippen LogP contribution in [0.2, 0.25) is 0 Å². The molecule has 2 atom stereocenters. The van der Waals surface area contributed by atoms with Crippen LogP contribution in [0.25, 0.3) is 0 Å². The number of nitrogens with two attached hydrogens (primary N) is 1. The molecule has 0 saturated heterocycles. The second-order valence-electron chi connectivity index (χ2n) is 5.31. The van der Waals surface area contributed by atoms with Gasteiger partial charge in [0, 0.05) is 24.8 Å². The molecule has 1 fully saturated rings. The third kappa shape index (κ3) is 3.45. The molecule has 100 valence electrons. The van der Waals surface area contributed by atoms with E-state index in [1.165, 1.54) is 18.9 Å². The second kappa shape index (κ2) is 6.19. The maximum absolute atomic E-state index is 13.3. The molecule has 0 aliphatic heterocycles. The summed E-state index contributed by atoms with van der Waals surface area (Å²) in [6.07, 6.45) is 4.74. The van der Waals surface area contributed by atoms with E-state index in [1.807, 2.05) is 6.07 Å². The summed E-state index contributed by atoms with van der Waals surface area (Å²) in [4.78, 5) is 2.26. The summed E-state index contributed by atoms with van der Waals surface area (Å²) in [6, 6.07) is 7.23. The number of benzene rings is 1. The maximum atomic E-state index is 13.3. The highest BCUT2D eigenvalue weighted by Crippen LogP contribution is 2.26. The molecule has 2 N–H and O–H groups in total. The van der Waals surface area contributed by atoms with Gasteiger partial charge in [-0.05, 0) is 50.3 Å². The van der Waals surface area contributed by atoms with E-state index in [2.05, 4.69) is 11.8 Å². The first kappa shape index (κ1) is 13.3. The minimum Gasteiger partial charge on any atom is -0.371 e. The second-order valence-corrected chi connectivity index (χ2v) is 5.31. The lowest BCUT2D eigenvalue weighted by molar-refractivity contribution is 0.324. The van der Waals surface area contributed by atoms with Gasteiger partial charge in [-0.15, -0.1) is 0 Å². The molecule has 2 nitrogen and oxygen atoms in total. The molecule has 0 aromatic heterocycles. The summed E-state index contributed by atoms with van der Waals surface area (Å²) in [5.74, 6) is 0.489. The summed E-state index contributed by atoms with van der Waals surface area (Å²) >= 11 is 0. The molecular formula is C15H23FN2. The SMILES string of the molecule is CCN(CC1CCCC(N)C1)c1cccc(F)c1. The monoisotopic (exact) mass is 250 g/mol. The van der Waals surface area contributed by atoms with Gasteiger partial charge in [-0.25, -0.2) is 4.39 Å². The molecule has 0 amide bonds. The van der Waals surface area contributed by atoms with Gasteiger partial charge in [-0.1, -0.05) is 12.5 Å². The van der Waals surface area contributed by atoms with Crippen molar-refractivity contribution in [2.75, 3.05) is 18.0 Å². The van der Waals surface area contributed by atoms with Crippen LogP contribution in [-0.4, -0.2) is 19.1 Å². The van der Waals surface area contributed by atoms with Crippen molar-refractivity contribution < 1.29 is 4.39 Å². The van der Waals surface area contributed by atoms with Crippen molar-refractivity contribution in [3.8, 4) is 0 Å². The minimum atomic E-state index is -0.161. The Balaban J connectivity index is 2.00. The van der Waals surface area contributed by atoms with E-state index in [9.17, 15) is 4.39 Å². The summed E-state index contributed by atoms with van der Waals surface area (Å²) < 4.78 is 13.3. The van der Waals surface area contributed by atoms with Crippen molar-refractivity contribution in [2.45, 2.75) is 38.6 Å². The Labute approximate surface area is 109 Å². The number of halogens is 1. The van der Waals surface area contributed by atoms with Gasteiger partial charge in [0.15, 0.2) is 0 Å². The lowest BCUT2D eigenvalue weighted by Crippen LogP contribution is -2.35. The third-order valence-electron chi connectivity index (χ3n) is 3.86. The number of nitrogens with zero attached hydrogens (tertiary/aromatic N) is 1. The van der Waals surface area contributed by atoms with Crippen molar-refractivity contribution in [1.29, 1.82) is 0 Å². The van der Waals surface area contributed by atoms with Crippen LogP contribution >= 0.6 is 0 Å². The van der Waals surface area contributed by atoms with Crippen molar-refractivity contribution in [3.63, 3.8) is 0 Å². The summed E-state index contributed by atoms with van der Waals surface area (Å²) in [5, 5.41) is 0. The molecule has 1 saturated carbocycles. The zero-order valence-electron chi connectivity index (χ0n) is 11.1. The normalized spacial score (nSPS) is 23.9. The number of hydrogen-bond acceptors (Lipinski definition) is 2. The topological polar surface area (TPSA) is 29.3 Å². The van der Waals surface area contributed by atoms with Gasteiger partial charge in [0.05, 0.1) is 0 Å². The molecule has 1 aliphatic rings. The van der Waals surface area contributed by atoms with Crippen LogP contribution in [0, 0.1) is 11.7 Å². The van der Waals surface area contributed by atoms with Crippen molar-refractivity contribution in [3.05, 3.63) is 30.1 Å². The molecule has 0 spiro atoms. The van der Waals surface area contributed by atoms with Gasteiger partial charge in [-0.2, -0.15) is 0 Å². The zero-order valence-corrected chi connectivity index (χ0v) is 11.1. The average Bonchev–Trinajstić information content (AvgIpc) is 2.36. The van der Waals surface area contributed by atoms with E-state index < -0.39 is 0 Å². The molecule has 18 heavy (non-hydrogen) atoms. The smallest absolute Gasteiger partial charge is 0.125 e.